The Kier molecular flexibility index (Phi) is 8.71. The van der Waals surface area contributed by atoms with Gasteiger partial charge in [0.25, 0.3) is 0 Å². The first-order valence-electron chi connectivity index (χ1n) is 10.5. The molecular formula is C25H27ClN2O3S. The van der Waals surface area contributed by atoms with E-state index in [1.165, 1.54) is 17.4 Å². The molecule has 0 atom stereocenters. The van der Waals surface area contributed by atoms with E-state index < -0.39 is 0 Å². The number of nitrogens with one attached hydrogen (secondary N) is 1. The first kappa shape index (κ1) is 23.8. The fourth-order valence-corrected chi connectivity index (χ4v) is 4.05. The number of methoxy groups -OCH3 is 1. The lowest BCUT2D eigenvalue weighted by Crippen LogP contribution is -2.07. The van der Waals surface area contributed by atoms with Gasteiger partial charge in [-0.05, 0) is 49.2 Å². The maximum absolute atomic E-state index is 12.4. The number of aryl methyl sites for hydroxylation is 1. The van der Waals surface area contributed by atoms with Crippen molar-refractivity contribution in [1.82, 2.24) is 4.98 Å². The van der Waals surface area contributed by atoms with E-state index in [-0.39, 0.29) is 5.91 Å². The zero-order valence-electron chi connectivity index (χ0n) is 18.5. The van der Waals surface area contributed by atoms with Crippen molar-refractivity contribution in [2.45, 2.75) is 33.1 Å². The van der Waals surface area contributed by atoms with Crippen molar-refractivity contribution in [2.24, 2.45) is 0 Å². The average Bonchev–Trinajstić information content (AvgIpc) is 3.15. The summed E-state index contributed by atoms with van der Waals surface area (Å²) in [6.45, 7) is 4.80. The van der Waals surface area contributed by atoms with E-state index in [4.69, 9.17) is 21.1 Å². The smallest absolute Gasteiger partial charge is 0.250 e. The van der Waals surface area contributed by atoms with E-state index in [0.717, 1.165) is 41.0 Å². The third-order valence-corrected chi connectivity index (χ3v) is 5.90. The maximum atomic E-state index is 12.4. The number of amides is 1. The zero-order chi connectivity index (χ0) is 22.9. The number of nitrogens with zero attached hydrogens (tertiary/aromatic N) is 1. The quantitative estimate of drug-likeness (QED) is 0.256. The summed E-state index contributed by atoms with van der Waals surface area (Å²) in [5.74, 6) is 1.10. The van der Waals surface area contributed by atoms with Crippen LogP contribution in [0.3, 0.4) is 0 Å². The number of unbranched alkanes of at least 4 members (excludes halogenated alkanes) is 2. The van der Waals surface area contributed by atoms with Crippen molar-refractivity contribution < 1.29 is 14.3 Å². The first-order valence-corrected chi connectivity index (χ1v) is 11.7. The molecule has 32 heavy (non-hydrogen) atoms. The molecule has 0 fully saturated rings. The van der Waals surface area contributed by atoms with Crippen LogP contribution in [-0.4, -0.2) is 24.6 Å². The predicted molar refractivity (Wildman–Crippen MR) is 133 cm³/mol. The molecule has 0 aliphatic rings. The Morgan fingerprint density at radius 1 is 1.16 bits per heavy atom. The molecule has 0 saturated carbocycles. The highest BCUT2D eigenvalue weighted by molar-refractivity contribution is 7.16. The number of thiazole rings is 1. The lowest BCUT2D eigenvalue weighted by atomic mass is 10.1. The van der Waals surface area contributed by atoms with Gasteiger partial charge >= 0.3 is 0 Å². The molecule has 3 aromatic rings. The Labute approximate surface area is 198 Å². The van der Waals surface area contributed by atoms with Gasteiger partial charge in [-0.15, -0.1) is 11.3 Å². The summed E-state index contributed by atoms with van der Waals surface area (Å²) in [5.41, 5.74) is 2.64. The van der Waals surface area contributed by atoms with Crippen LogP contribution in [0.5, 0.6) is 11.5 Å². The van der Waals surface area contributed by atoms with Crippen LogP contribution in [0.2, 0.25) is 5.02 Å². The molecule has 0 unspecified atom stereocenters. The van der Waals surface area contributed by atoms with Crippen LogP contribution in [0.4, 0.5) is 5.13 Å². The minimum absolute atomic E-state index is 0.250. The molecule has 0 saturated heterocycles. The van der Waals surface area contributed by atoms with Gasteiger partial charge < -0.3 is 9.47 Å². The Morgan fingerprint density at radius 2 is 1.94 bits per heavy atom. The van der Waals surface area contributed by atoms with Gasteiger partial charge in [0, 0.05) is 21.5 Å². The van der Waals surface area contributed by atoms with Gasteiger partial charge in [-0.25, -0.2) is 4.98 Å². The van der Waals surface area contributed by atoms with Gasteiger partial charge in [0.05, 0.1) is 19.4 Å². The molecule has 1 amide bonds. The summed E-state index contributed by atoms with van der Waals surface area (Å²) in [7, 11) is 1.61. The molecular weight excluding hydrogens is 444 g/mol. The number of anilines is 1. The van der Waals surface area contributed by atoms with Crippen molar-refractivity contribution >= 4 is 40.1 Å². The highest BCUT2D eigenvalue weighted by atomic mass is 35.5. The maximum Gasteiger partial charge on any atom is 0.250 e. The standard InChI is InChI=1S/C25H27ClN2O3S/c1-4-5-6-15-31-21-13-7-18(16-22(21)30-3)8-14-23(29)27-25-28-24(17(2)32-25)19-9-11-20(26)12-10-19/h7-14,16H,4-6,15H2,1-3H3,(H,27,28,29)/b14-8+. The van der Waals surface area contributed by atoms with E-state index in [0.29, 0.717) is 28.3 Å². The van der Waals surface area contributed by atoms with Crippen molar-refractivity contribution in [3.8, 4) is 22.8 Å². The molecule has 0 bridgehead atoms. The van der Waals surface area contributed by atoms with Gasteiger partial charge in [0.15, 0.2) is 16.6 Å². The molecule has 5 nitrogen and oxygen atoms in total. The molecule has 0 aliphatic heterocycles. The van der Waals surface area contributed by atoms with E-state index in [1.807, 2.05) is 49.4 Å². The molecule has 3 rings (SSSR count). The number of hydrogen-bond acceptors (Lipinski definition) is 5. The second-order valence-corrected chi connectivity index (χ2v) is 8.86. The largest absolute Gasteiger partial charge is 0.493 e. The van der Waals surface area contributed by atoms with Crippen LogP contribution in [0.15, 0.2) is 48.5 Å². The number of rotatable bonds is 10. The Balaban J connectivity index is 1.63. The molecule has 168 valence electrons. The normalized spacial score (nSPS) is 11.0. The summed E-state index contributed by atoms with van der Waals surface area (Å²) in [4.78, 5) is 18.0. The van der Waals surface area contributed by atoms with E-state index in [9.17, 15) is 4.79 Å². The summed E-state index contributed by atoms with van der Waals surface area (Å²) < 4.78 is 11.2. The number of benzene rings is 2. The molecule has 7 heteroatoms. The lowest BCUT2D eigenvalue weighted by molar-refractivity contribution is -0.111. The Bertz CT molecular complexity index is 1080. The van der Waals surface area contributed by atoms with Gasteiger partial charge in [-0.2, -0.15) is 0 Å². The van der Waals surface area contributed by atoms with Crippen molar-refractivity contribution in [1.29, 1.82) is 0 Å². The number of halogens is 1. The summed E-state index contributed by atoms with van der Waals surface area (Å²) in [6.07, 6.45) is 6.51. The number of carbonyl (C=O) groups is 1. The van der Waals surface area contributed by atoms with E-state index in [2.05, 4.69) is 17.2 Å². The molecule has 0 aliphatic carbocycles. The minimum atomic E-state index is -0.250. The highest BCUT2D eigenvalue weighted by Gasteiger charge is 2.11. The molecule has 1 heterocycles. The van der Waals surface area contributed by atoms with Gasteiger partial charge in [0.2, 0.25) is 5.91 Å². The lowest BCUT2D eigenvalue weighted by Gasteiger charge is -2.11. The first-order chi connectivity index (χ1) is 15.5. The van der Waals surface area contributed by atoms with Crippen LogP contribution in [-0.2, 0) is 4.79 Å². The predicted octanol–water partition coefficient (Wildman–Crippen LogP) is 7.00. The molecule has 0 radical (unpaired) electrons. The van der Waals surface area contributed by atoms with Crippen LogP contribution >= 0.6 is 22.9 Å². The van der Waals surface area contributed by atoms with Gasteiger partial charge in [-0.3, -0.25) is 10.1 Å². The molecule has 1 N–H and O–H groups in total. The summed E-state index contributed by atoms with van der Waals surface area (Å²) >= 11 is 7.40. The van der Waals surface area contributed by atoms with Crippen LogP contribution in [0, 0.1) is 6.92 Å². The van der Waals surface area contributed by atoms with Crippen molar-refractivity contribution in [3.05, 3.63) is 64.0 Å². The fourth-order valence-electron chi connectivity index (χ4n) is 3.09. The third-order valence-electron chi connectivity index (χ3n) is 4.76. The second-order valence-electron chi connectivity index (χ2n) is 7.22. The summed E-state index contributed by atoms with van der Waals surface area (Å²) in [5, 5.41) is 4.06. The third kappa shape index (κ3) is 6.58. The number of hydrogen-bond donors (Lipinski definition) is 1. The molecule has 2 aromatic carbocycles. The van der Waals surface area contributed by atoms with Crippen molar-refractivity contribution in [2.75, 3.05) is 19.0 Å². The molecule has 1 aromatic heterocycles. The van der Waals surface area contributed by atoms with Crippen LogP contribution in [0.1, 0.15) is 36.6 Å². The zero-order valence-corrected chi connectivity index (χ0v) is 20.1. The van der Waals surface area contributed by atoms with E-state index >= 15 is 0 Å². The average molecular weight is 471 g/mol. The van der Waals surface area contributed by atoms with Crippen LogP contribution in [0.25, 0.3) is 17.3 Å². The minimum Gasteiger partial charge on any atom is -0.493 e. The Morgan fingerprint density at radius 3 is 2.66 bits per heavy atom. The number of aromatic nitrogens is 1. The number of carbonyl (C=O) groups excluding carboxylic acids is 1. The van der Waals surface area contributed by atoms with Gasteiger partial charge in [-0.1, -0.05) is 49.6 Å². The fraction of sp³-hybridized carbons (Fsp3) is 0.280. The second kappa shape index (κ2) is 11.7. The SMILES string of the molecule is CCCCCOc1ccc(/C=C/C(=O)Nc2nc(-c3ccc(Cl)cc3)c(C)s2)cc1OC. The highest BCUT2D eigenvalue weighted by Crippen LogP contribution is 2.31. The topological polar surface area (TPSA) is 60.5 Å². The Hall–Kier alpha value is -2.83. The number of ether oxygens (including phenoxy) is 2. The van der Waals surface area contributed by atoms with Crippen LogP contribution < -0.4 is 14.8 Å². The van der Waals surface area contributed by atoms with Gasteiger partial charge in [0.1, 0.15) is 0 Å². The van der Waals surface area contributed by atoms with Crippen molar-refractivity contribution in [3.63, 3.8) is 0 Å². The molecule has 0 spiro atoms. The van der Waals surface area contributed by atoms with E-state index in [1.54, 1.807) is 13.2 Å². The summed E-state index contributed by atoms with van der Waals surface area (Å²) in [6, 6.07) is 13.1. The monoisotopic (exact) mass is 470 g/mol.